The number of amides is 1. The Kier molecular flexibility index (Phi) is 6.42. The van der Waals surface area contributed by atoms with E-state index in [0.717, 1.165) is 13.7 Å². The summed E-state index contributed by atoms with van der Waals surface area (Å²) in [6, 6.07) is -0.752. The number of carboxylic acids is 1. The van der Waals surface area contributed by atoms with Crippen LogP contribution in [0, 0.1) is 6.61 Å². The molecule has 0 aromatic rings. The van der Waals surface area contributed by atoms with Crippen LogP contribution in [-0.2, 0) is 9.53 Å². The summed E-state index contributed by atoms with van der Waals surface area (Å²) < 4.78 is 4.26. The molecule has 0 aromatic heterocycles. The van der Waals surface area contributed by atoms with Crippen molar-refractivity contribution in [1.29, 1.82) is 0 Å². The normalized spacial score (nSPS) is 11.9. The Bertz CT molecular complexity index is 195. The van der Waals surface area contributed by atoms with Crippen molar-refractivity contribution in [3.63, 3.8) is 0 Å². The van der Waals surface area contributed by atoms with E-state index in [1.807, 2.05) is 0 Å². The third kappa shape index (κ3) is 6.21. The molecule has 1 amide bonds. The molecule has 7 heteroatoms. The van der Waals surface area contributed by atoms with Crippen LogP contribution in [0.2, 0.25) is 0 Å². The van der Waals surface area contributed by atoms with Gasteiger partial charge in [-0.15, -0.1) is 0 Å². The Hall–Kier alpha value is -1.34. The Morgan fingerprint density at radius 3 is 2.71 bits per heavy atom. The molecule has 0 aliphatic carbocycles. The number of alkyl carbamates (subject to hydrolysis) is 1. The first-order valence-electron chi connectivity index (χ1n) is 3.80. The van der Waals surface area contributed by atoms with Gasteiger partial charge >= 0.3 is 6.09 Å². The molecule has 0 rings (SSSR count). The summed E-state index contributed by atoms with van der Waals surface area (Å²) >= 11 is 0. The van der Waals surface area contributed by atoms with Crippen molar-refractivity contribution in [2.45, 2.75) is 18.9 Å². The van der Waals surface area contributed by atoms with E-state index in [-0.39, 0.29) is 12.8 Å². The van der Waals surface area contributed by atoms with Gasteiger partial charge in [0.15, 0.2) is 0 Å². The largest absolute Gasteiger partial charge is 0.586 e. The molecule has 0 heterocycles. The number of ether oxygens (including phenoxy) is 1. The minimum absolute atomic E-state index is 0.0309. The summed E-state index contributed by atoms with van der Waals surface area (Å²) in [5.41, 5.74) is 0. The summed E-state index contributed by atoms with van der Waals surface area (Å²) in [4.78, 5) is 23.2. The van der Waals surface area contributed by atoms with Crippen LogP contribution in [0.5, 0.6) is 0 Å². The van der Waals surface area contributed by atoms with Crippen molar-refractivity contribution in [2.24, 2.45) is 0 Å². The zero-order valence-electron chi connectivity index (χ0n) is 7.56. The third-order valence-electron chi connectivity index (χ3n) is 1.39. The zero-order chi connectivity index (χ0) is 11.0. The number of aliphatic hydroxyl groups is 1. The summed E-state index contributed by atoms with van der Waals surface area (Å²) in [5, 5.41) is 22.2. The van der Waals surface area contributed by atoms with Crippen LogP contribution < -0.4 is 15.7 Å². The highest BCUT2D eigenvalue weighted by Gasteiger charge is 2.07. The van der Waals surface area contributed by atoms with Gasteiger partial charge in [-0.05, 0) is 25.5 Å². The predicted molar refractivity (Wildman–Crippen MR) is 40.5 cm³/mol. The predicted octanol–water partition coefficient (Wildman–Crippen LogP) is -2.23. The highest BCUT2D eigenvalue weighted by Crippen LogP contribution is 1.99. The van der Waals surface area contributed by atoms with Crippen LogP contribution in [0.25, 0.3) is 0 Å². The Morgan fingerprint density at radius 2 is 2.29 bits per heavy atom. The van der Waals surface area contributed by atoms with Crippen molar-refractivity contribution in [3.8, 4) is 0 Å². The highest BCUT2D eigenvalue weighted by molar-refractivity contribution is 5.68. The second-order valence-electron chi connectivity index (χ2n) is 2.41. The summed E-state index contributed by atoms with van der Waals surface area (Å²) in [7, 11) is 1.15. The molecule has 0 spiro atoms. The number of carbonyl (C=O) groups excluding carboxylic acids is 2. The van der Waals surface area contributed by atoms with Gasteiger partial charge in [0.1, 0.15) is 0 Å². The first-order chi connectivity index (χ1) is 6.60. The van der Waals surface area contributed by atoms with Crippen molar-refractivity contribution in [2.75, 3.05) is 7.11 Å². The topological polar surface area (TPSA) is 114 Å². The van der Waals surface area contributed by atoms with E-state index in [2.05, 4.69) is 14.9 Å². The number of hydrogen-bond donors (Lipinski definition) is 1. The van der Waals surface area contributed by atoms with E-state index in [1.54, 1.807) is 0 Å². The molecule has 82 valence electrons. The minimum Gasteiger partial charge on any atom is -0.586 e. The molecule has 0 saturated carbocycles. The molecule has 0 aliphatic heterocycles. The van der Waals surface area contributed by atoms with Crippen LogP contribution in [0.4, 0.5) is 4.79 Å². The maximum absolute atomic E-state index is 10.7. The second kappa shape index (κ2) is 7.10. The molecule has 7 nitrogen and oxygen atoms in total. The van der Waals surface area contributed by atoms with E-state index >= 15 is 0 Å². The van der Waals surface area contributed by atoms with Gasteiger partial charge in [0.25, 0.3) is 0 Å². The molecule has 0 fully saturated rings. The van der Waals surface area contributed by atoms with Gasteiger partial charge in [-0.1, -0.05) is 0 Å². The van der Waals surface area contributed by atoms with E-state index in [1.165, 1.54) is 0 Å². The van der Waals surface area contributed by atoms with E-state index in [4.69, 9.17) is 0 Å². The maximum Gasteiger partial charge on any atom is 0.404 e. The maximum atomic E-state index is 10.7. The Morgan fingerprint density at radius 1 is 1.64 bits per heavy atom. The zero-order valence-corrected chi connectivity index (χ0v) is 7.56. The standard InChI is InChI=1S/C7H12NO6/c1-13-7(11)8-5(4-14-12)2-3-6(9)10/h4-5,14H,2-3H2,1H3,(H,8,11)(H,9,10)/q-1/p-1. The molecule has 2 N–H and O–H groups in total. The molecule has 1 unspecified atom stereocenters. The highest BCUT2D eigenvalue weighted by atomic mass is 17.1. The van der Waals surface area contributed by atoms with Crippen molar-refractivity contribution in [1.82, 2.24) is 5.32 Å². The van der Waals surface area contributed by atoms with Crippen molar-refractivity contribution in [3.05, 3.63) is 6.61 Å². The van der Waals surface area contributed by atoms with Crippen molar-refractivity contribution >= 4 is 12.1 Å². The number of nitrogens with one attached hydrogen (secondary N) is 1. The molecular formula is C7H11NO6-2. The van der Waals surface area contributed by atoms with Crippen LogP contribution in [0.15, 0.2) is 0 Å². The lowest BCUT2D eigenvalue weighted by Gasteiger charge is -2.24. The lowest BCUT2D eigenvalue weighted by atomic mass is 10.2. The molecule has 14 heavy (non-hydrogen) atoms. The molecular weight excluding hydrogens is 194 g/mol. The fourth-order valence-electron chi connectivity index (χ4n) is 0.741. The first kappa shape index (κ1) is 12.7. The van der Waals surface area contributed by atoms with Gasteiger partial charge in [-0.2, -0.15) is 0 Å². The molecule has 0 saturated heterocycles. The van der Waals surface area contributed by atoms with E-state index in [0.29, 0.717) is 0 Å². The Labute approximate surface area is 80.5 Å². The smallest absolute Gasteiger partial charge is 0.404 e. The monoisotopic (exact) mass is 205 g/mol. The number of hydrogen-bond acceptors (Lipinski definition) is 5. The SMILES string of the molecule is COC(=O)NC([CH-][OH+][O-])CCC(=O)[O-]. The molecule has 0 aromatic carbocycles. The molecule has 0 bridgehead atoms. The fourth-order valence-corrected chi connectivity index (χ4v) is 0.741. The van der Waals surface area contributed by atoms with Gasteiger partial charge in [0.05, 0.1) is 7.11 Å². The fraction of sp³-hybridized carbons (Fsp3) is 0.571. The van der Waals surface area contributed by atoms with Crippen LogP contribution in [-0.4, -0.2) is 30.1 Å². The molecule has 0 radical (unpaired) electrons. The minimum atomic E-state index is -1.26. The first-order valence-corrected chi connectivity index (χ1v) is 3.80. The number of methoxy groups -OCH3 is 1. The lowest BCUT2D eigenvalue weighted by molar-refractivity contribution is -0.762. The average molecular weight is 205 g/mol. The van der Waals surface area contributed by atoms with Gasteiger partial charge in [0, 0.05) is 5.97 Å². The van der Waals surface area contributed by atoms with Gasteiger partial charge in [-0.3, -0.25) is 0 Å². The Balaban J connectivity index is 3.88. The van der Waals surface area contributed by atoms with E-state index in [9.17, 15) is 20.0 Å². The van der Waals surface area contributed by atoms with Gasteiger partial charge in [-0.25, -0.2) is 4.79 Å². The number of carbonyl (C=O) groups is 2. The number of rotatable bonds is 6. The number of carboxylic acid groups (broad SMARTS) is 1. The lowest BCUT2D eigenvalue weighted by Crippen LogP contribution is -2.38. The van der Waals surface area contributed by atoms with Crippen LogP contribution in [0.1, 0.15) is 12.8 Å². The third-order valence-corrected chi connectivity index (χ3v) is 1.39. The quantitative estimate of drug-likeness (QED) is 0.228. The second-order valence-corrected chi connectivity index (χ2v) is 2.41. The van der Waals surface area contributed by atoms with Gasteiger partial charge in [0.2, 0.25) is 0 Å². The summed E-state index contributed by atoms with van der Waals surface area (Å²) in [5.74, 6) is -1.26. The van der Waals surface area contributed by atoms with Crippen LogP contribution >= 0.6 is 0 Å². The molecule has 1 atom stereocenters. The summed E-state index contributed by atoms with van der Waals surface area (Å²) in [6.45, 7) is 0.889. The number of aliphatic carboxylic acids is 1. The van der Waals surface area contributed by atoms with E-state index < -0.39 is 18.1 Å². The van der Waals surface area contributed by atoms with Crippen molar-refractivity contribution < 1.29 is 29.6 Å². The summed E-state index contributed by atoms with van der Waals surface area (Å²) in [6.07, 6.45) is -1.00. The van der Waals surface area contributed by atoms with Crippen LogP contribution in [0.3, 0.4) is 0 Å². The average Bonchev–Trinajstić information content (AvgIpc) is 2.14. The molecule has 0 aliphatic rings. The van der Waals surface area contributed by atoms with Gasteiger partial charge < -0.3 is 30.1 Å².